The van der Waals surface area contributed by atoms with Crippen molar-refractivity contribution in [3.63, 3.8) is 0 Å². The Balaban J connectivity index is 1.95. The van der Waals surface area contributed by atoms with Crippen molar-refractivity contribution in [2.45, 2.75) is 45.2 Å². The third kappa shape index (κ3) is 2.87. The van der Waals surface area contributed by atoms with Crippen LogP contribution in [0.15, 0.2) is 12.1 Å². The Morgan fingerprint density at radius 1 is 1.09 bits per heavy atom. The minimum Gasteiger partial charge on any atom is -0.496 e. The van der Waals surface area contributed by atoms with Crippen LogP contribution in [0.5, 0.6) is 5.75 Å². The van der Waals surface area contributed by atoms with Gasteiger partial charge in [0.05, 0.1) is 37.1 Å². The van der Waals surface area contributed by atoms with E-state index in [2.05, 4.69) is 0 Å². The Morgan fingerprint density at radius 2 is 1.65 bits per heavy atom. The summed E-state index contributed by atoms with van der Waals surface area (Å²) in [4.78, 5) is 0. The minimum atomic E-state index is -0.784. The molecule has 2 fully saturated rings. The van der Waals surface area contributed by atoms with Gasteiger partial charge in [-0.3, -0.25) is 0 Å². The van der Waals surface area contributed by atoms with Crippen LogP contribution in [0.3, 0.4) is 0 Å². The molecule has 2 heterocycles. The zero-order valence-corrected chi connectivity index (χ0v) is 14.1. The molecule has 0 N–H and O–H groups in total. The van der Waals surface area contributed by atoms with Gasteiger partial charge in [0.1, 0.15) is 11.6 Å². The molecular weight excluding hydrogens is 302 g/mol. The van der Waals surface area contributed by atoms with Gasteiger partial charge in [-0.05, 0) is 39.8 Å². The Bertz CT molecular complexity index is 582. The largest absolute Gasteiger partial charge is 0.497 e. The first-order valence-electron chi connectivity index (χ1n) is 7.71. The average molecular weight is 324 g/mol. The van der Waals surface area contributed by atoms with Gasteiger partial charge < -0.3 is 23.5 Å². The van der Waals surface area contributed by atoms with E-state index in [4.69, 9.17) is 23.5 Å². The van der Waals surface area contributed by atoms with E-state index < -0.39 is 30.4 Å². The van der Waals surface area contributed by atoms with Gasteiger partial charge in [0.2, 0.25) is 0 Å². The SMILES string of the molecule is COc1cc(B2OC(C)(C)C(C)(C)O2)c(F)cc1C1OCCO1. The second-order valence-electron chi connectivity index (χ2n) is 6.78. The normalized spacial score (nSPS) is 23.5. The van der Waals surface area contributed by atoms with Crippen LogP contribution in [-0.4, -0.2) is 38.6 Å². The number of benzene rings is 1. The lowest BCUT2D eigenvalue weighted by atomic mass is 9.78. The Hall–Kier alpha value is -1.15. The molecule has 0 radical (unpaired) electrons. The van der Waals surface area contributed by atoms with Crippen molar-refractivity contribution in [1.82, 2.24) is 0 Å². The van der Waals surface area contributed by atoms with E-state index >= 15 is 0 Å². The first-order chi connectivity index (χ1) is 10.7. The fourth-order valence-corrected chi connectivity index (χ4v) is 2.63. The second-order valence-corrected chi connectivity index (χ2v) is 6.78. The van der Waals surface area contributed by atoms with Gasteiger partial charge in [0.15, 0.2) is 6.29 Å². The van der Waals surface area contributed by atoms with Gasteiger partial charge in [0.25, 0.3) is 0 Å². The molecule has 23 heavy (non-hydrogen) atoms. The quantitative estimate of drug-likeness (QED) is 0.798. The van der Waals surface area contributed by atoms with E-state index in [-0.39, 0.29) is 0 Å². The van der Waals surface area contributed by atoms with Crippen molar-refractivity contribution in [3.05, 3.63) is 23.5 Å². The summed E-state index contributed by atoms with van der Waals surface area (Å²) in [5, 5.41) is 0. The Labute approximate surface area is 136 Å². The lowest BCUT2D eigenvalue weighted by Gasteiger charge is -2.32. The summed E-state index contributed by atoms with van der Waals surface area (Å²) >= 11 is 0. The van der Waals surface area contributed by atoms with E-state index in [1.54, 1.807) is 6.07 Å². The first kappa shape index (κ1) is 16.7. The van der Waals surface area contributed by atoms with Gasteiger partial charge in [-0.25, -0.2) is 4.39 Å². The monoisotopic (exact) mass is 324 g/mol. The lowest BCUT2D eigenvalue weighted by molar-refractivity contribution is -0.0456. The molecule has 0 amide bonds. The van der Waals surface area contributed by atoms with Gasteiger partial charge >= 0.3 is 7.12 Å². The number of hydrogen-bond donors (Lipinski definition) is 0. The molecule has 2 aliphatic heterocycles. The molecule has 0 unspecified atom stereocenters. The van der Waals surface area contributed by atoms with Crippen LogP contribution in [0.2, 0.25) is 0 Å². The van der Waals surface area contributed by atoms with E-state index in [0.29, 0.717) is 30.0 Å². The van der Waals surface area contributed by atoms with Crippen LogP contribution >= 0.6 is 0 Å². The highest BCUT2D eigenvalue weighted by Gasteiger charge is 2.52. The molecule has 1 aromatic carbocycles. The smallest absolute Gasteiger partial charge is 0.496 e. The number of halogens is 1. The Morgan fingerprint density at radius 3 is 2.17 bits per heavy atom. The maximum atomic E-state index is 14.6. The van der Waals surface area contributed by atoms with Gasteiger partial charge in [0, 0.05) is 5.46 Å². The van der Waals surface area contributed by atoms with Crippen molar-refractivity contribution >= 4 is 12.6 Å². The highest BCUT2D eigenvalue weighted by molar-refractivity contribution is 6.62. The van der Waals surface area contributed by atoms with Crippen molar-refractivity contribution in [2.24, 2.45) is 0 Å². The molecule has 2 saturated heterocycles. The number of hydrogen-bond acceptors (Lipinski definition) is 5. The summed E-state index contributed by atoms with van der Waals surface area (Å²) in [6.45, 7) is 8.67. The Kier molecular flexibility index (Phi) is 4.17. The predicted octanol–water partition coefficient (Wildman–Crippen LogP) is 2.18. The molecule has 0 saturated carbocycles. The van der Waals surface area contributed by atoms with E-state index in [1.807, 2.05) is 27.7 Å². The summed E-state index contributed by atoms with van der Waals surface area (Å²) in [5.74, 6) is 0.0569. The summed E-state index contributed by atoms with van der Waals surface area (Å²) in [7, 11) is 0.744. The molecule has 0 atom stereocenters. The number of rotatable bonds is 3. The average Bonchev–Trinajstić information content (AvgIpc) is 3.05. The molecule has 0 spiro atoms. The first-order valence-corrected chi connectivity index (χ1v) is 7.71. The summed E-state index contributed by atoms with van der Waals surface area (Å²) < 4.78 is 42.7. The molecule has 126 valence electrons. The number of ether oxygens (including phenoxy) is 3. The summed E-state index contributed by atoms with van der Waals surface area (Å²) in [6, 6.07) is 2.97. The molecule has 1 aromatic rings. The van der Waals surface area contributed by atoms with E-state index in [0.717, 1.165) is 0 Å². The van der Waals surface area contributed by atoms with E-state index in [1.165, 1.54) is 13.2 Å². The zero-order valence-electron chi connectivity index (χ0n) is 14.1. The van der Waals surface area contributed by atoms with Crippen LogP contribution < -0.4 is 10.2 Å². The van der Waals surface area contributed by atoms with Crippen molar-refractivity contribution in [1.29, 1.82) is 0 Å². The topological polar surface area (TPSA) is 46.2 Å². The van der Waals surface area contributed by atoms with Gasteiger partial charge in [-0.1, -0.05) is 0 Å². The maximum absolute atomic E-state index is 14.6. The molecule has 3 rings (SSSR count). The molecule has 2 aliphatic rings. The van der Waals surface area contributed by atoms with Crippen LogP contribution in [-0.2, 0) is 18.8 Å². The lowest BCUT2D eigenvalue weighted by Crippen LogP contribution is -2.41. The molecule has 0 aromatic heterocycles. The highest BCUT2D eigenvalue weighted by atomic mass is 19.1. The minimum absolute atomic E-state index is 0.308. The zero-order chi connectivity index (χ0) is 16.8. The standard InChI is InChI=1S/C16H22BFO5/c1-15(2)16(3,4)23-17(22-15)11-9-13(19-5)10(8-12(11)18)14-20-6-7-21-14/h8-9,14H,6-7H2,1-5H3. The third-order valence-electron chi connectivity index (χ3n) is 4.73. The molecule has 5 nitrogen and oxygen atoms in total. The van der Waals surface area contributed by atoms with Crippen molar-refractivity contribution < 1.29 is 27.9 Å². The third-order valence-corrected chi connectivity index (χ3v) is 4.73. The molecule has 7 heteroatoms. The van der Waals surface area contributed by atoms with E-state index in [9.17, 15) is 4.39 Å². The van der Waals surface area contributed by atoms with Crippen LogP contribution in [0, 0.1) is 5.82 Å². The maximum Gasteiger partial charge on any atom is 0.497 e. The summed E-state index contributed by atoms with van der Waals surface area (Å²) in [6.07, 6.45) is -0.605. The van der Waals surface area contributed by atoms with Gasteiger partial charge in [-0.15, -0.1) is 0 Å². The summed E-state index contributed by atoms with van der Waals surface area (Å²) in [5.41, 5.74) is -0.230. The fraction of sp³-hybridized carbons (Fsp3) is 0.625. The molecule has 0 bridgehead atoms. The molecular formula is C16H22BFO5. The van der Waals surface area contributed by atoms with Crippen molar-refractivity contribution in [3.8, 4) is 5.75 Å². The fourth-order valence-electron chi connectivity index (χ4n) is 2.63. The predicted molar refractivity (Wildman–Crippen MR) is 83.3 cm³/mol. The van der Waals surface area contributed by atoms with Crippen LogP contribution in [0.1, 0.15) is 39.5 Å². The second kappa shape index (κ2) is 5.74. The van der Waals surface area contributed by atoms with Crippen molar-refractivity contribution in [2.75, 3.05) is 20.3 Å². The number of methoxy groups -OCH3 is 1. The molecule has 0 aliphatic carbocycles. The van der Waals surface area contributed by atoms with Crippen LogP contribution in [0.25, 0.3) is 0 Å². The highest BCUT2D eigenvalue weighted by Crippen LogP contribution is 2.38. The van der Waals surface area contributed by atoms with Crippen LogP contribution in [0.4, 0.5) is 4.39 Å². The van der Waals surface area contributed by atoms with Gasteiger partial charge in [-0.2, -0.15) is 0 Å².